The average Bonchev–Trinajstić information content (AvgIpc) is 3.03. The number of nitrogens with two attached hydrogens (primary N) is 1. The third-order valence-corrected chi connectivity index (χ3v) is 4.88. The van der Waals surface area contributed by atoms with Gasteiger partial charge in [-0.3, -0.25) is 4.79 Å². The Morgan fingerprint density at radius 1 is 1.00 bits per heavy atom. The molecule has 6 heteroatoms. The van der Waals surface area contributed by atoms with Gasteiger partial charge < -0.3 is 14.9 Å². The molecule has 1 aromatic heterocycles. The van der Waals surface area contributed by atoms with Crippen molar-refractivity contribution in [2.75, 3.05) is 5.73 Å². The van der Waals surface area contributed by atoms with Gasteiger partial charge in [0.15, 0.2) is 5.76 Å². The number of carbonyl (C=O) groups excluding carboxylic acids is 1. The molecule has 0 amide bonds. The van der Waals surface area contributed by atoms with Crippen LogP contribution in [0.1, 0.15) is 21.7 Å². The van der Waals surface area contributed by atoms with Crippen molar-refractivity contribution in [3.05, 3.63) is 93.7 Å². The number of anilines is 1. The molecule has 0 atom stereocenters. The van der Waals surface area contributed by atoms with E-state index in [1.807, 2.05) is 30.3 Å². The molecule has 4 nitrogen and oxygen atoms in total. The molecule has 0 aliphatic rings. The van der Waals surface area contributed by atoms with Crippen LogP contribution in [0, 0.1) is 0 Å². The lowest BCUT2D eigenvalue weighted by Crippen LogP contribution is -2.03. The van der Waals surface area contributed by atoms with Crippen molar-refractivity contribution in [3.8, 4) is 5.75 Å². The van der Waals surface area contributed by atoms with Crippen molar-refractivity contribution in [1.29, 1.82) is 0 Å². The van der Waals surface area contributed by atoms with E-state index in [-0.39, 0.29) is 22.0 Å². The number of halogens is 2. The zero-order valence-corrected chi connectivity index (χ0v) is 16.1. The Labute approximate surface area is 171 Å². The Morgan fingerprint density at radius 3 is 2.54 bits per heavy atom. The summed E-state index contributed by atoms with van der Waals surface area (Å²) in [5.41, 5.74) is 8.21. The maximum Gasteiger partial charge on any atom is 0.231 e. The Morgan fingerprint density at radius 2 is 1.79 bits per heavy atom. The molecule has 1 heterocycles. The molecule has 0 radical (unpaired) electrons. The van der Waals surface area contributed by atoms with E-state index in [0.29, 0.717) is 28.3 Å². The highest BCUT2D eigenvalue weighted by molar-refractivity contribution is 6.37. The average molecular weight is 412 g/mol. The summed E-state index contributed by atoms with van der Waals surface area (Å²) in [4.78, 5) is 12.8. The molecule has 0 fully saturated rings. The first-order valence-electron chi connectivity index (χ1n) is 8.51. The Balaban J connectivity index is 1.63. The Bertz CT molecular complexity index is 1170. The Hall–Kier alpha value is -2.95. The predicted octanol–water partition coefficient (Wildman–Crippen LogP) is 6.13. The van der Waals surface area contributed by atoms with Crippen molar-refractivity contribution in [1.82, 2.24) is 0 Å². The molecule has 0 saturated carbocycles. The molecule has 0 saturated heterocycles. The van der Waals surface area contributed by atoms with Crippen LogP contribution in [0.25, 0.3) is 11.0 Å². The second-order valence-electron chi connectivity index (χ2n) is 6.23. The predicted molar refractivity (Wildman–Crippen MR) is 111 cm³/mol. The third-order valence-electron chi connectivity index (χ3n) is 4.33. The second kappa shape index (κ2) is 7.58. The van der Waals surface area contributed by atoms with E-state index in [1.54, 1.807) is 30.3 Å². The van der Waals surface area contributed by atoms with E-state index in [9.17, 15) is 4.79 Å². The van der Waals surface area contributed by atoms with Crippen LogP contribution in [0.2, 0.25) is 10.0 Å². The van der Waals surface area contributed by atoms with Gasteiger partial charge in [0.05, 0.1) is 10.7 Å². The minimum Gasteiger partial charge on any atom is -0.489 e. The van der Waals surface area contributed by atoms with Crippen LogP contribution >= 0.6 is 23.2 Å². The smallest absolute Gasteiger partial charge is 0.231 e. The van der Waals surface area contributed by atoms with Gasteiger partial charge in [0.1, 0.15) is 17.9 Å². The first kappa shape index (κ1) is 18.4. The van der Waals surface area contributed by atoms with Crippen LogP contribution in [-0.2, 0) is 6.61 Å². The van der Waals surface area contributed by atoms with E-state index in [2.05, 4.69) is 0 Å². The van der Waals surface area contributed by atoms with Crippen molar-refractivity contribution in [2.24, 2.45) is 0 Å². The molecular weight excluding hydrogens is 397 g/mol. The maximum absolute atomic E-state index is 12.8. The Kier molecular flexibility index (Phi) is 4.99. The molecular formula is C22H15Cl2NO3. The molecule has 4 aromatic rings. The summed E-state index contributed by atoms with van der Waals surface area (Å²) in [6, 6.07) is 19.8. The normalized spacial score (nSPS) is 10.9. The molecule has 0 spiro atoms. The summed E-state index contributed by atoms with van der Waals surface area (Å²) in [6.45, 7) is 0.425. The molecule has 0 aliphatic heterocycles. The SMILES string of the molecule is Nc1c(C(=O)c2ccc(Cl)cc2Cl)oc2cc(OCc3ccccc3)ccc12. The standard InChI is InChI=1S/C22H15Cl2NO3/c23-14-6-8-16(18(24)10-14)21(26)22-20(25)17-9-7-15(11-19(17)28-22)27-12-13-4-2-1-3-5-13/h1-11H,12,25H2. The van der Waals surface area contributed by atoms with E-state index in [0.717, 1.165) is 5.56 Å². The number of fused-ring (bicyclic) bond motifs is 1. The van der Waals surface area contributed by atoms with Crippen LogP contribution in [-0.4, -0.2) is 5.78 Å². The lowest BCUT2D eigenvalue weighted by Gasteiger charge is -2.05. The number of hydrogen-bond acceptors (Lipinski definition) is 4. The number of hydrogen-bond donors (Lipinski definition) is 1. The highest BCUT2D eigenvalue weighted by atomic mass is 35.5. The number of rotatable bonds is 5. The van der Waals surface area contributed by atoms with Crippen LogP contribution in [0.15, 0.2) is 71.1 Å². The fraction of sp³-hybridized carbons (Fsp3) is 0.0455. The van der Waals surface area contributed by atoms with Gasteiger partial charge in [-0.1, -0.05) is 53.5 Å². The lowest BCUT2D eigenvalue weighted by molar-refractivity contribution is 0.101. The van der Waals surface area contributed by atoms with Gasteiger partial charge in [-0.15, -0.1) is 0 Å². The van der Waals surface area contributed by atoms with Gasteiger partial charge >= 0.3 is 0 Å². The van der Waals surface area contributed by atoms with Crippen LogP contribution in [0.5, 0.6) is 5.75 Å². The summed E-state index contributed by atoms with van der Waals surface area (Å²) < 4.78 is 11.6. The molecule has 28 heavy (non-hydrogen) atoms. The summed E-state index contributed by atoms with van der Waals surface area (Å²) in [7, 11) is 0. The summed E-state index contributed by atoms with van der Waals surface area (Å²) in [5.74, 6) is 0.259. The van der Waals surface area contributed by atoms with Gasteiger partial charge in [0.25, 0.3) is 0 Å². The maximum atomic E-state index is 12.8. The van der Waals surface area contributed by atoms with E-state index < -0.39 is 5.78 Å². The number of benzene rings is 3. The van der Waals surface area contributed by atoms with Crippen molar-refractivity contribution in [3.63, 3.8) is 0 Å². The van der Waals surface area contributed by atoms with Gasteiger partial charge in [-0.25, -0.2) is 0 Å². The van der Waals surface area contributed by atoms with E-state index in [4.69, 9.17) is 38.1 Å². The van der Waals surface area contributed by atoms with Crippen molar-refractivity contribution < 1.29 is 13.9 Å². The second-order valence-corrected chi connectivity index (χ2v) is 7.07. The summed E-state index contributed by atoms with van der Waals surface area (Å²) >= 11 is 12.0. The molecule has 0 unspecified atom stereocenters. The number of ether oxygens (including phenoxy) is 1. The molecule has 2 N–H and O–H groups in total. The zero-order valence-electron chi connectivity index (χ0n) is 14.6. The lowest BCUT2D eigenvalue weighted by atomic mass is 10.1. The van der Waals surface area contributed by atoms with Gasteiger partial charge in [0.2, 0.25) is 5.78 Å². The summed E-state index contributed by atoms with van der Waals surface area (Å²) in [5, 5.41) is 1.32. The van der Waals surface area contributed by atoms with E-state index in [1.165, 1.54) is 6.07 Å². The highest BCUT2D eigenvalue weighted by Gasteiger charge is 2.22. The first-order valence-corrected chi connectivity index (χ1v) is 9.27. The van der Waals surface area contributed by atoms with Gasteiger partial charge in [-0.05, 0) is 35.9 Å². The fourth-order valence-corrected chi connectivity index (χ4v) is 3.39. The number of carbonyl (C=O) groups is 1. The summed E-state index contributed by atoms with van der Waals surface area (Å²) in [6.07, 6.45) is 0. The largest absolute Gasteiger partial charge is 0.489 e. The number of ketones is 1. The van der Waals surface area contributed by atoms with Crippen LogP contribution in [0.4, 0.5) is 5.69 Å². The zero-order chi connectivity index (χ0) is 19.7. The van der Waals surface area contributed by atoms with Crippen LogP contribution < -0.4 is 10.5 Å². The fourth-order valence-electron chi connectivity index (χ4n) is 2.89. The minimum atomic E-state index is -0.401. The van der Waals surface area contributed by atoms with E-state index >= 15 is 0 Å². The van der Waals surface area contributed by atoms with Crippen molar-refractivity contribution in [2.45, 2.75) is 6.61 Å². The molecule has 3 aromatic carbocycles. The molecule has 0 bridgehead atoms. The first-order chi connectivity index (χ1) is 13.5. The van der Waals surface area contributed by atoms with Crippen LogP contribution in [0.3, 0.4) is 0 Å². The molecule has 140 valence electrons. The minimum absolute atomic E-state index is 0.0411. The topological polar surface area (TPSA) is 65.5 Å². The number of furan rings is 1. The molecule has 4 rings (SSSR count). The third kappa shape index (κ3) is 3.57. The molecule has 0 aliphatic carbocycles. The monoisotopic (exact) mass is 411 g/mol. The van der Waals surface area contributed by atoms with Crippen molar-refractivity contribution >= 4 is 45.6 Å². The van der Waals surface area contributed by atoms with Gasteiger partial charge in [0, 0.05) is 22.0 Å². The van der Waals surface area contributed by atoms with Gasteiger partial charge in [-0.2, -0.15) is 0 Å². The highest BCUT2D eigenvalue weighted by Crippen LogP contribution is 2.34. The number of nitrogen functional groups attached to an aromatic ring is 1. The quantitative estimate of drug-likeness (QED) is 0.401.